The molecule has 0 aromatic heterocycles. The van der Waals surface area contributed by atoms with Crippen LogP contribution in [0.2, 0.25) is 18.6 Å². The van der Waals surface area contributed by atoms with Crippen LogP contribution in [-0.4, -0.2) is 69.2 Å². The first kappa shape index (κ1) is 35.6. The van der Waals surface area contributed by atoms with Crippen molar-refractivity contribution in [1.29, 1.82) is 0 Å². The SMILES string of the molecule is COc1ccc([Si](C)(C)[C@@H]2[C@@H](CC(=O)N(CCO)Cc3ccccc3)O[C@]3(C(=O)N(C)c4ccc(N5C(=O)CCc6ccccc65)cc43)[C@H]2C)cc1. The molecule has 4 atom stereocenters. The Hall–Kier alpha value is -4.77. The molecule has 0 radical (unpaired) electrons. The second kappa shape index (κ2) is 14.0. The van der Waals surface area contributed by atoms with Crippen LogP contribution in [0, 0.1) is 5.92 Å². The molecular formula is C42H47N3O6Si. The molecule has 3 heterocycles. The van der Waals surface area contributed by atoms with Crippen LogP contribution in [0.4, 0.5) is 17.1 Å². The van der Waals surface area contributed by atoms with Crippen molar-refractivity contribution in [3.05, 3.63) is 114 Å². The third-order valence-electron chi connectivity index (χ3n) is 11.6. The number of para-hydroxylation sites is 1. The Morgan fingerprint density at radius 1 is 0.962 bits per heavy atom. The number of ether oxygens (including phenoxy) is 2. The van der Waals surface area contributed by atoms with Gasteiger partial charge in [0.1, 0.15) is 5.75 Å². The standard InChI is InChI=1S/C42H47N3O6Si/c1-28-40(52(4,5)33-19-17-32(50-3)18-20-33)37(26-39(48)44(23-24-46)27-29-11-7-6-8-12-29)51-42(28)34-25-31(16-21-36(34)43(2)41(42)49)45-35-14-10-9-13-30(35)15-22-38(45)47/h6-14,16-21,25,28,37,40,46H,15,22-24,26-27H2,1-5H3/t28-,37+,40-,42+/m0/s1. The average Bonchev–Trinajstić information content (AvgIpc) is 3.57. The minimum absolute atomic E-state index is 0.00236. The van der Waals surface area contributed by atoms with Gasteiger partial charge >= 0.3 is 0 Å². The molecule has 0 bridgehead atoms. The number of hydrogen-bond acceptors (Lipinski definition) is 6. The van der Waals surface area contributed by atoms with Crippen LogP contribution < -0.4 is 19.7 Å². The first-order valence-electron chi connectivity index (χ1n) is 18.1. The van der Waals surface area contributed by atoms with E-state index in [0.717, 1.165) is 33.8 Å². The van der Waals surface area contributed by atoms with E-state index in [9.17, 15) is 19.5 Å². The van der Waals surface area contributed by atoms with Crippen LogP contribution in [0.5, 0.6) is 5.75 Å². The predicted molar refractivity (Wildman–Crippen MR) is 205 cm³/mol. The highest BCUT2D eigenvalue weighted by atomic mass is 28.3. The summed E-state index contributed by atoms with van der Waals surface area (Å²) in [4.78, 5) is 47.7. The summed E-state index contributed by atoms with van der Waals surface area (Å²) < 4.78 is 12.7. The van der Waals surface area contributed by atoms with Gasteiger partial charge in [-0.2, -0.15) is 0 Å². The van der Waals surface area contributed by atoms with Gasteiger partial charge in [-0.15, -0.1) is 0 Å². The Labute approximate surface area is 306 Å². The Bertz CT molecular complexity index is 1990. The van der Waals surface area contributed by atoms with Gasteiger partial charge in [-0.3, -0.25) is 19.3 Å². The fraction of sp³-hybridized carbons (Fsp3) is 0.357. The quantitative estimate of drug-likeness (QED) is 0.205. The normalized spacial score (nSPS) is 22.5. The van der Waals surface area contributed by atoms with Crippen LogP contribution >= 0.6 is 0 Å². The number of benzene rings is 4. The number of carbonyl (C=O) groups excluding carboxylic acids is 3. The molecule has 0 unspecified atom stereocenters. The number of carbonyl (C=O) groups is 3. The van der Waals surface area contributed by atoms with E-state index in [0.29, 0.717) is 25.1 Å². The topological polar surface area (TPSA) is 99.6 Å². The molecule has 4 aromatic rings. The predicted octanol–water partition coefficient (Wildman–Crippen LogP) is 5.91. The van der Waals surface area contributed by atoms with Crippen LogP contribution in [0.15, 0.2) is 97.1 Å². The zero-order valence-electron chi connectivity index (χ0n) is 30.5. The molecule has 3 aliphatic rings. The van der Waals surface area contributed by atoms with Gasteiger partial charge < -0.3 is 24.4 Å². The molecule has 0 aliphatic carbocycles. The van der Waals surface area contributed by atoms with Crippen molar-refractivity contribution in [2.45, 2.75) is 63.1 Å². The number of aryl methyl sites for hydroxylation is 1. The highest BCUT2D eigenvalue weighted by molar-refractivity contribution is 6.91. The van der Waals surface area contributed by atoms with Crippen LogP contribution in [-0.2, 0) is 37.7 Å². The van der Waals surface area contributed by atoms with E-state index in [1.54, 1.807) is 28.9 Å². The molecule has 3 aliphatic heterocycles. The van der Waals surface area contributed by atoms with Gasteiger partial charge in [0.05, 0.1) is 45.7 Å². The molecule has 10 heteroatoms. The Balaban J connectivity index is 1.32. The van der Waals surface area contributed by atoms with Crippen molar-refractivity contribution >= 4 is 48.0 Å². The summed E-state index contributed by atoms with van der Waals surface area (Å²) in [6.07, 6.45) is 0.543. The number of amides is 3. The number of nitrogens with zero attached hydrogens (tertiary/aromatic N) is 3. The Morgan fingerprint density at radius 2 is 1.67 bits per heavy atom. The van der Waals surface area contributed by atoms with Crippen molar-refractivity contribution in [2.24, 2.45) is 5.92 Å². The minimum atomic E-state index is -2.51. The van der Waals surface area contributed by atoms with Gasteiger partial charge in [0, 0.05) is 43.7 Å². The van der Waals surface area contributed by atoms with Crippen molar-refractivity contribution in [3.8, 4) is 5.75 Å². The largest absolute Gasteiger partial charge is 0.497 e. The summed E-state index contributed by atoms with van der Waals surface area (Å²) in [6.45, 7) is 7.04. The van der Waals surface area contributed by atoms with Gasteiger partial charge in [0.2, 0.25) is 11.8 Å². The highest BCUT2D eigenvalue weighted by Crippen LogP contribution is 2.60. The highest BCUT2D eigenvalue weighted by Gasteiger charge is 2.66. The third kappa shape index (κ3) is 5.92. The third-order valence-corrected chi connectivity index (χ3v) is 16.0. The summed E-state index contributed by atoms with van der Waals surface area (Å²) in [5, 5.41) is 11.2. The summed E-state index contributed by atoms with van der Waals surface area (Å²) in [5.41, 5.74) is 3.54. The summed E-state index contributed by atoms with van der Waals surface area (Å²) in [5.74, 6) is 0.136. The van der Waals surface area contributed by atoms with E-state index in [1.165, 1.54) is 5.19 Å². The molecule has 3 amide bonds. The van der Waals surface area contributed by atoms with E-state index >= 15 is 0 Å². The molecule has 1 fully saturated rings. The summed E-state index contributed by atoms with van der Waals surface area (Å²) >= 11 is 0. The first-order chi connectivity index (χ1) is 25.0. The number of fused-ring (bicyclic) bond motifs is 3. The Morgan fingerprint density at radius 3 is 2.38 bits per heavy atom. The van der Waals surface area contributed by atoms with Gasteiger partial charge in [0.15, 0.2) is 5.60 Å². The number of aliphatic hydroxyl groups is 1. The maximum absolute atomic E-state index is 14.7. The maximum atomic E-state index is 14.7. The van der Waals surface area contributed by atoms with Gasteiger partial charge in [-0.25, -0.2) is 0 Å². The molecule has 1 spiro atoms. The molecule has 0 saturated carbocycles. The lowest BCUT2D eigenvalue weighted by molar-refractivity contribution is -0.149. The van der Waals surface area contributed by atoms with E-state index in [-0.39, 0.29) is 48.8 Å². The Kier molecular flexibility index (Phi) is 9.58. The van der Waals surface area contributed by atoms with Crippen molar-refractivity contribution in [1.82, 2.24) is 4.90 Å². The summed E-state index contributed by atoms with van der Waals surface area (Å²) in [7, 11) is 0.910. The van der Waals surface area contributed by atoms with Crippen LogP contribution in [0.25, 0.3) is 0 Å². The number of hydrogen-bond donors (Lipinski definition) is 1. The van der Waals surface area contributed by atoms with Gasteiger partial charge in [-0.05, 0) is 59.5 Å². The average molecular weight is 718 g/mol. The molecule has 7 rings (SSSR count). The lowest BCUT2D eigenvalue weighted by Gasteiger charge is -2.37. The van der Waals surface area contributed by atoms with Crippen molar-refractivity contribution in [2.75, 3.05) is 37.1 Å². The first-order valence-corrected chi connectivity index (χ1v) is 21.2. The molecular weight excluding hydrogens is 671 g/mol. The molecule has 1 N–H and O–H groups in total. The fourth-order valence-electron chi connectivity index (χ4n) is 8.98. The minimum Gasteiger partial charge on any atom is -0.497 e. The summed E-state index contributed by atoms with van der Waals surface area (Å²) in [6, 6.07) is 31.6. The number of aliphatic hydroxyl groups excluding tert-OH is 1. The second-order valence-electron chi connectivity index (χ2n) is 14.8. The van der Waals surface area contributed by atoms with E-state index in [2.05, 4.69) is 38.2 Å². The number of likely N-dealkylation sites (N-methyl/N-ethyl adjacent to an activating group) is 1. The van der Waals surface area contributed by atoms with Crippen LogP contribution in [0.3, 0.4) is 0 Å². The molecule has 270 valence electrons. The number of methoxy groups -OCH3 is 1. The van der Waals surface area contributed by atoms with Crippen molar-refractivity contribution in [3.63, 3.8) is 0 Å². The fourth-order valence-corrected chi connectivity index (χ4v) is 13.0. The smallest absolute Gasteiger partial charge is 0.264 e. The molecule has 1 saturated heterocycles. The van der Waals surface area contributed by atoms with Gasteiger partial charge in [0.25, 0.3) is 5.91 Å². The lowest BCUT2D eigenvalue weighted by atomic mass is 9.82. The van der Waals surface area contributed by atoms with E-state index < -0.39 is 19.8 Å². The van der Waals surface area contributed by atoms with Crippen molar-refractivity contribution < 1.29 is 29.0 Å². The monoisotopic (exact) mass is 717 g/mol. The second-order valence-corrected chi connectivity index (χ2v) is 19.5. The lowest BCUT2D eigenvalue weighted by Crippen LogP contribution is -2.52. The molecule has 52 heavy (non-hydrogen) atoms. The van der Waals surface area contributed by atoms with E-state index in [1.807, 2.05) is 78.9 Å². The molecule has 9 nitrogen and oxygen atoms in total. The van der Waals surface area contributed by atoms with Crippen LogP contribution in [0.1, 0.15) is 36.5 Å². The molecule has 4 aromatic carbocycles. The number of anilines is 3. The van der Waals surface area contributed by atoms with E-state index in [4.69, 9.17) is 9.47 Å². The zero-order valence-corrected chi connectivity index (χ0v) is 31.5. The zero-order chi connectivity index (χ0) is 36.8. The maximum Gasteiger partial charge on any atom is 0.264 e. The number of rotatable bonds is 10. The van der Waals surface area contributed by atoms with Gasteiger partial charge in [-0.1, -0.05) is 85.9 Å².